The highest BCUT2D eigenvalue weighted by molar-refractivity contribution is 6.30. The zero-order valence-corrected chi connectivity index (χ0v) is 13.3. The molecule has 0 heterocycles. The maximum absolute atomic E-state index is 10.9. The molecular weight excluding hydrogens is 304 g/mol. The fourth-order valence-electron chi connectivity index (χ4n) is 2.09. The van der Waals surface area contributed by atoms with E-state index in [0.717, 1.165) is 16.9 Å². The molecule has 0 spiro atoms. The minimum atomic E-state index is -0.519. The normalized spacial score (nSPS) is 11.6. The molecule has 22 heavy (non-hydrogen) atoms. The van der Waals surface area contributed by atoms with Crippen LogP contribution in [0.4, 0.5) is 11.4 Å². The number of nitroso groups, excluding NO2 is 1. The molecule has 1 unspecified atom stereocenters. The Hall–Kier alpha value is -2.27. The van der Waals surface area contributed by atoms with Crippen molar-refractivity contribution >= 4 is 23.0 Å². The van der Waals surface area contributed by atoms with E-state index >= 15 is 0 Å². The van der Waals surface area contributed by atoms with Gasteiger partial charge in [0.2, 0.25) is 0 Å². The molecule has 2 rings (SSSR count). The number of halogens is 1. The van der Waals surface area contributed by atoms with Crippen LogP contribution in [-0.2, 0) is 0 Å². The molecule has 0 bridgehead atoms. The minimum absolute atomic E-state index is 0.519. The van der Waals surface area contributed by atoms with Crippen LogP contribution in [0.2, 0.25) is 5.02 Å². The third-order valence-electron chi connectivity index (χ3n) is 3.29. The number of methoxy groups -OCH3 is 2. The summed E-state index contributed by atoms with van der Waals surface area (Å²) in [7, 11) is 3.11. The topological polar surface area (TPSA) is 59.9 Å². The van der Waals surface area contributed by atoms with E-state index in [2.05, 4.69) is 10.5 Å². The van der Waals surface area contributed by atoms with Gasteiger partial charge in [-0.2, -0.15) is 4.91 Å². The maximum atomic E-state index is 10.9. The first-order valence-corrected chi connectivity index (χ1v) is 7.07. The number of nitrogens with one attached hydrogen (secondary N) is 1. The Kier molecular flexibility index (Phi) is 5.22. The van der Waals surface area contributed by atoms with Gasteiger partial charge in [-0.15, -0.1) is 0 Å². The maximum Gasteiger partial charge on any atom is 0.162 e. The summed E-state index contributed by atoms with van der Waals surface area (Å²) in [5, 5.41) is 7.00. The van der Waals surface area contributed by atoms with Gasteiger partial charge in [-0.1, -0.05) is 16.8 Å². The highest BCUT2D eigenvalue weighted by Crippen LogP contribution is 2.38. The van der Waals surface area contributed by atoms with Crippen LogP contribution in [0.1, 0.15) is 18.5 Å². The predicted octanol–water partition coefficient (Wildman–Crippen LogP) is 4.93. The Labute approximate surface area is 134 Å². The molecule has 0 saturated carbocycles. The lowest BCUT2D eigenvalue weighted by Gasteiger charge is -2.17. The van der Waals surface area contributed by atoms with Crippen molar-refractivity contribution in [3.8, 4) is 11.5 Å². The molecule has 1 N–H and O–H groups in total. The van der Waals surface area contributed by atoms with E-state index in [-0.39, 0.29) is 0 Å². The Balaban J connectivity index is 2.46. The van der Waals surface area contributed by atoms with Crippen molar-refractivity contribution in [2.24, 2.45) is 5.18 Å². The number of ether oxygens (including phenoxy) is 2. The van der Waals surface area contributed by atoms with E-state index in [1.54, 1.807) is 45.4 Å². The second-order valence-electron chi connectivity index (χ2n) is 4.71. The number of hydrogen-bond acceptors (Lipinski definition) is 5. The largest absolute Gasteiger partial charge is 0.493 e. The average molecular weight is 321 g/mol. The highest BCUT2D eigenvalue weighted by atomic mass is 35.5. The second kappa shape index (κ2) is 7.13. The number of rotatable bonds is 6. The summed E-state index contributed by atoms with van der Waals surface area (Å²) in [5.41, 5.74) is 2.30. The van der Waals surface area contributed by atoms with E-state index < -0.39 is 6.04 Å². The van der Waals surface area contributed by atoms with E-state index in [1.165, 1.54) is 0 Å². The SMILES string of the molecule is COc1cc(Nc2ccc(Cl)cc2)c(C(C)N=O)cc1OC. The van der Waals surface area contributed by atoms with E-state index in [9.17, 15) is 4.91 Å². The quantitative estimate of drug-likeness (QED) is 0.767. The number of nitrogens with zero attached hydrogens (tertiary/aromatic N) is 1. The number of benzene rings is 2. The molecule has 0 aliphatic rings. The van der Waals surface area contributed by atoms with Gasteiger partial charge in [0.05, 0.1) is 14.2 Å². The first-order valence-electron chi connectivity index (χ1n) is 6.70. The van der Waals surface area contributed by atoms with Gasteiger partial charge in [-0.3, -0.25) is 0 Å². The number of hydrogen-bond donors (Lipinski definition) is 1. The van der Waals surface area contributed by atoms with Gasteiger partial charge in [0.25, 0.3) is 0 Å². The molecule has 0 saturated heterocycles. The zero-order chi connectivity index (χ0) is 16.1. The first kappa shape index (κ1) is 16.1. The molecule has 0 radical (unpaired) electrons. The third-order valence-corrected chi connectivity index (χ3v) is 3.54. The fourth-order valence-corrected chi connectivity index (χ4v) is 2.22. The summed E-state index contributed by atoms with van der Waals surface area (Å²) in [5.74, 6) is 1.12. The van der Waals surface area contributed by atoms with E-state index in [1.807, 2.05) is 12.1 Å². The zero-order valence-electron chi connectivity index (χ0n) is 12.6. The van der Waals surface area contributed by atoms with Crippen LogP contribution in [0.15, 0.2) is 41.6 Å². The van der Waals surface area contributed by atoms with Gasteiger partial charge in [0.15, 0.2) is 11.5 Å². The Bertz CT molecular complexity index is 659. The molecule has 2 aromatic rings. The summed E-state index contributed by atoms with van der Waals surface area (Å²) < 4.78 is 10.6. The molecule has 0 amide bonds. The Morgan fingerprint density at radius 2 is 1.68 bits per heavy atom. The second-order valence-corrected chi connectivity index (χ2v) is 5.14. The van der Waals surface area contributed by atoms with E-state index in [4.69, 9.17) is 21.1 Å². The molecule has 0 fully saturated rings. The van der Waals surface area contributed by atoms with Crippen LogP contribution in [0.25, 0.3) is 0 Å². The van der Waals surface area contributed by atoms with Gasteiger partial charge in [-0.05, 0) is 37.3 Å². The summed E-state index contributed by atoms with van der Waals surface area (Å²) >= 11 is 5.89. The third kappa shape index (κ3) is 3.49. The molecule has 1 atom stereocenters. The smallest absolute Gasteiger partial charge is 0.162 e. The lowest BCUT2D eigenvalue weighted by molar-refractivity contribution is 0.354. The average Bonchev–Trinajstić information content (AvgIpc) is 2.55. The monoisotopic (exact) mass is 320 g/mol. The molecule has 116 valence electrons. The lowest BCUT2D eigenvalue weighted by atomic mass is 10.0. The van der Waals surface area contributed by atoms with Crippen LogP contribution >= 0.6 is 11.6 Å². The summed E-state index contributed by atoms with van der Waals surface area (Å²) in [6.07, 6.45) is 0. The van der Waals surface area contributed by atoms with Gasteiger partial charge < -0.3 is 14.8 Å². The Morgan fingerprint density at radius 3 is 2.23 bits per heavy atom. The predicted molar refractivity (Wildman–Crippen MR) is 88.5 cm³/mol. The van der Waals surface area contributed by atoms with Crippen molar-refractivity contribution in [2.75, 3.05) is 19.5 Å². The minimum Gasteiger partial charge on any atom is -0.493 e. The lowest BCUT2D eigenvalue weighted by Crippen LogP contribution is -2.01. The molecule has 5 nitrogen and oxygen atoms in total. The molecule has 0 aliphatic carbocycles. The summed E-state index contributed by atoms with van der Waals surface area (Å²) in [6.45, 7) is 1.72. The Morgan fingerprint density at radius 1 is 1.09 bits per heavy atom. The van der Waals surface area contributed by atoms with Crippen LogP contribution in [0.3, 0.4) is 0 Å². The van der Waals surface area contributed by atoms with Crippen molar-refractivity contribution < 1.29 is 9.47 Å². The standard InChI is InChI=1S/C16H17ClN2O3/c1-10(19-20)13-8-15(21-2)16(22-3)9-14(13)18-12-6-4-11(17)5-7-12/h4-10,18H,1-3H3. The van der Waals surface area contributed by atoms with Crippen LogP contribution in [0, 0.1) is 4.91 Å². The first-order chi connectivity index (χ1) is 10.6. The van der Waals surface area contributed by atoms with Crippen molar-refractivity contribution in [2.45, 2.75) is 13.0 Å². The molecular formula is C16H17ClN2O3. The summed E-state index contributed by atoms with van der Waals surface area (Å²) in [4.78, 5) is 10.9. The highest BCUT2D eigenvalue weighted by Gasteiger charge is 2.16. The van der Waals surface area contributed by atoms with Crippen molar-refractivity contribution in [1.82, 2.24) is 0 Å². The van der Waals surface area contributed by atoms with Crippen molar-refractivity contribution in [1.29, 1.82) is 0 Å². The molecule has 6 heteroatoms. The number of anilines is 2. The van der Waals surface area contributed by atoms with Crippen LogP contribution < -0.4 is 14.8 Å². The molecule has 0 aromatic heterocycles. The van der Waals surface area contributed by atoms with Crippen LogP contribution in [-0.4, -0.2) is 14.2 Å². The van der Waals surface area contributed by atoms with Crippen molar-refractivity contribution in [3.05, 3.63) is 51.9 Å². The molecule has 0 aliphatic heterocycles. The van der Waals surface area contributed by atoms with E-state index in [0.29, 0.717) is 16.5 Å². The van der Waals surface area contributed by atoms with Gasteiger partial charge in [-0.25, -0.2) is 0 Å². The van der Waals surface area contributed by atoms with Crippen LogP contribution in [0.5, 0.6) is 11.5 Å². The van der Waals surface area contributed by atoms with Gasteiger partial charge in [0, 0.05) is 28.0 Å². The molecule has 2 aromatic carbocycles. The van der Waals surface area contributed by atoms with Crippen molar-refractivity contribution in [3.63, 3.8) is 0 Å². The summed E-state index contributed by atoms with van der Waals surface area (Å²) in [6, 6.07) is 10.3. The van der Waals surface area contributed by atoms with Gasteiger partial charge >= 0.3 is 0 Å². The fraction of sp³-hybridized carbons (Fsp3) is 0.250. The van der Waals surface area contributed by atoms with Gasteiger partial charge in [0.1, 0.15) is 6.04 Å².